The van der Waals surface area contributed by atoms with E-state index in [4.69, 9.17) is 4.74 Å². The predicted octanol–water partition coefficient (Wildman–Crippen LogP) is 1.98. The Labute approximate surface area is 86.4 Å². The lowest BCUT2D eigenvalue weighted by Gasteiger charge is -2.06. The van der Waals surface area contributed by atoms with Crippen molar-refractivity contribution in [3.05, 3.63) is 5.82 Å². The molecule has 0 saturated heterocycles. The van der Waals surface area contributed by atoms with Gasteiger partial charge in [0.05, 0.1) is 11.9 Å². The molecule has 4 nitrogen and oxygen atoms in total. The second-order valence-corrected chi connectivity index (χ2v) is 3.18. The third-order valence-corrected chi connectivity index (χ3v) is 2.14. The van der Waals surface area contributed by atoms with Crippen LogP contribution in [-0.2, 0) is 11.9 Å². The fraction of sp³-hybridized carbons (Fsp3) is 0.750. The van der Waals surface area contributed by atoms with Crippen LogP contribution in [0.4, 0.5) is 0 Å². The summed E-state index contributed by atoms with van der Waals surface area (Å²) in [4.78, 5) is 0. The average molecular weight is 248 g/mol. The summed E-state index contributed by atoms with van der Waals surface area (Å²) in [5, 5.41) is 8.68. The van der Waals surface area contributed by atoms with Crippen LogP contribution in [0.25, 0.3) is 0 Å². The van der Waals surface area contributed by atoms with Crippen molar-refractivity contribution in [2.75, 3.05) is 6.61 Å². The van der Waals surface area contributed by atoms with Gasteiger partial charge in [0.2, 0.25) is 0 Å². The Bertz CT molecular complexity index is 262. The minimum atomic E-state index is 0.624. The first-order valence-corrected chi connectivity index (χ1v) is 5.56. The molecule has 13 heavy (non-hydrogen) atoms. The minimum Gasteiger partial charge on any atom is -0.464 e. The van der Waals surface area contributed by atoms with Crippen LogP contribution in [-0.4, -0.2) is 21.4 Å². The topological polar surface area (TPSA) is 39.9 Å². The summed E-state index contributed by atoms with van der Waals surface area (Å²) in [6.07, 6.45) is 1.05. The van der Waals surface area contributed by atoms with Crippen molar-refractivity contribution in [2.45, 2.75) is 32.1 Å². The molecule has 0 fully saturated rings. The van der Waals surface area contributed by atoms with Gasteiger partial charge in [-0.3, -0.25) is 4.57 Å². The lowest BCUT2D eigenvalue weighted by Crippen LogP contribution is -2.06. The summed E-state index contributed by atoms with van der Waals surface area (Å²) in [5.74, 6) is 0.922. The molecule has 0 saturated carbocycles. The van der Waals surface area contributed by atoms with Crippen LogP contribution < -0.4 is 4.74 Å². The van der Waals surface area contributed by atoms with Crippen molar-refractivity contribution in [3.63, 3.8) is 0 Å². The third-order valence-electron chi connectivity index (χ3n) is 1.63. The van der Waals surface area contributed by atoms with Crippen LogP contribution in [0.15, 0.2) is 0 Å². The summed E-state index contributed by atoms with van der Waals surface area (Å²) in [6, 6.07) is 0.624. The smallest absolute Gasteiger partial charge is 0.316 e. The molecule has 0 spiro atoms. The van der Waals surface area contributed by atoms with E-state index in [1.165, 1.54) is 0 Å². The molecule has 0 unspecified atom stereocenters. The summed E-state index contributed by atoms with van der Waals surface area (Å²) in [5.41, 5.74) is 0. The monoisotopic (exact) mass is 247 g/mol. The Morgan fingerprint density at radius 3 is 2.69 bits per heavy atom. The van der Waals surface area contributed by atoms with Crippen molar-refractivity contribution in [1.82, 2.24) is 14.8 Å². The van der Waals surface area contributed by atoms with E-state index < -0.39 is 0 Å². The SMILES string of the molecule is CCCn1c(CBr)nnc1OCC. The molecule has 0 radical (unpaired) electrons. The van der Waals surface area contributed by atoms with Gasteiger partial charge in [-0.1, -0.05) is 28.0 Å². The highest BCUT2D eigenvalue weighted by Gasteiger charge is 2.10. The standard InChI is InChI=1S/C8H14BrN3O/c1-3-5-12-7(6-9)10-11-8(12)13-4-2/h3-6H2,1-2H3. The Balaban J connectivity index is 2.85. The number of halogens is 1. The summed E-state index contributed by atoms with van der Waals surface area (Å²) < 4.78 is 7.34. The fourth-order valence-corrected chi connectivity index (χ4v) is 1.52. The molecule has 0 aromatic carbocycles. The highest BCUT2D eigenvalue weighted by molar-refractivity contribution is 9.08. The van der Waals surface area contributed by atoms with Gasteiger partial charge in [0.1, 0.15) is 5.82 Å². The van der Waals surface area contributed by atoms with E-state index in [2.05, 4.69) is 33.1 Å². The van der Waals surface area contributed by atoms with E-state index >= 15 is 0 Å². The number of rotatable bonds is 5. The zero-order valence-electron chi connectivity index (χ0n) is 7.96. The molecule has 1 heterocycles. The van der Waals surface area contributed by atoms with E-state index in [0.717, 1.165) is 18.8 Å². The molecule has 0 atom stereocenters. The molecule has 0 aliphatic carbocycles. The maximum absolute atomic E-state index is 5.34. The van der Waals surface area contributed by atoms with Crippen LogP contribution in [0, 0.1) is 0 Å². The van der Waals surface area contributed by atoms with Crippen molar-refractivity contribution in [1.29, 1.82) is 0 Å². The summed E-state index contributed by atoms with van der Waals surface area (Å²) in [6.45, 7) is 5.60. The maximum atomic E-state index is 5.34. The Hall–Kier alpha value is -0.580. The molecular weight excluding hydrogens is 234 g/mol. The largest absolute Gasteiger partial charge is 0.464 e. The molecule has 0 aliphatic heterocycles. The van der Waals surface area contributed by atoms with Crippen LogP contribution >= 0.6 is 15.9 Å². The van der Waals surface area contributed by atoms with Crippen LogP contribution in [0.1, 0.15) is 26.1 Å². The Morgan fingerprint density at radius 2 is 2.15 bits per heavy atom. The molecule has 0 N–H and O–H groups in total. The second-order valence-electron chi connectivity index (χ2n) is 2.62. The van der Waals surface area contributed by atoms with E-state index in [-0.39, 0.29) is 0 Å². The lowest BCUT2D eigenvalue weighted by molar-refractivity contribution is 0.294. The van der Waals surface area contributed by atoms with Gasteiger partial charge >= 0.3 is 6.01 Å². The van der Waals surface area contributed by atoms with Gasteiger partial charge in [-0.25, -0.2) is 0 Å². The van der Waals surface area contributed by atoms with Gasteiger partial charge in [-0.2, -0.15) is 0 Å². The quantitative estimate of drug-likeness (QED) is 0.748. The number of hydrogen-bond donors (Lipinski definition) is 0. The average Bonchev–Trinajstić information content (AvgIpc) is 2.50. The van der Waals surface area contributed by atoms with E-state index in [0.29, 0.717) is 17.9 Å². The van der Waals surface area contributed by atoms with Gasteiger partial charge < -0.3 is 4.74 Å². The Kier molecular flexibility index (Phi) is 4.21. The summed E-state index contributed by atoms with van der Waals surface area (Å²) >= 11 is 3.36. The molecule has 0 amide bonds. The van der Waals surface area contributed by atoms with E-state index in [1.807, 2.05) is 11.5 Å². The van der Waals surface area contributed by atoms with E-state index in [1.54, 1.807) is 0 Å². The van der Waals surface area contributed by atoms with Gasteiger partial charge in [-0.15, -0.1) is 5.10 Å². The molecule has 1 rings (SSSR count). The number of alkyl halides is 1. The van der Waals surface area contributed by atoms with Crippen molar-refractivity contribution in [3.8, 4) is 6.01 Å². The van der Waals surface area contributed by atoms with Crippen LogP contribution in [0.3, 0.4) is 0 Å². The Morgan fingerprint density at radius 1 is 1.38 bits per heavy atom. The number of nitrogens with zero attached hydrogens (tertiary/aromatic N) is 3. The van der Waals surface area contributed by atoms with Gasteiger partial charge in [0, 0.05) is 6.54 Å². The highest BCUT2D eigenvalue weighted by Crippen LogP contribution is 2.13. The van der Waals surface area contributed by atoms with Crippen LogP contribution in [0.5, 0.6) is 6.01 Å². The third kappa shape index (κ3) is 2.43. The van der Waals surface area contributed by atoms with E-state index in [9.17, 15) is 0 Å². The van der Waals surface area contributed by atoms with Crippen molar-refractivity contribution >= 4 is 15.9 Å². The molecular formula is C8H14BrN3O. The summed E-state index contributed by atoms with van der Waals surface area (Å²) in [7, 11) is 0. The van der Waals surface area contributed by atoms with Gasteiger partial charge in [0.15, 0.2) is 0 Å². The molecule has 0 bridgehead atoms. The zero-order valence-corrected chi connectivity index (χ0v) is 9.54. The number of hydrogen-bond acceptors (Lipinski definition) is 3. The molecule has 1 aromatic heterocycles. The van der Waals surface area contributed by atoms with Gasteiger partial charge in [0.25, 0.3) is 0 Å². The first-order valence-electron chi connectivity index (χ1n) is 4.44. The second kappa shape index (κ2) is 5.21. The number of ether oxygens (including phenoxy) is 1. The maximum Gasteiger partial charge on any atom is 0.316 e. The normalized spacial score (nSPS) is 10.4. The van der Waals surface area contributed by atoms with Crippen LogP contribution in [0.2, 0.25) is 0 Å². The van der Waals surface area contributed by atoms with Gasteiger partial charge in [-0.05, 0) is 13.3 Å². The fourth-order valence-electron chi connectivity index (χ4n) is 1.10. The first kappa shape index (κ1) is 10.5. The molecule has 1 aromatic rings. The molecule has 74 valence electrons. The minimum absolute atomic E-state index is 0.624. The lowest BCUT2D eigenvalue weighted by atomic mass is 10.5. The molecule has 5 heteroatoms. The molecule has 0 aliphatic rings. The van der Waals surface area contributed by atoms with Crippen molar-refractivity contribution in [2.24, 2.45) is 0 Å². The zero-order chi connectivity index (χ0) is 9.68. The van der Waals surface area contributed by atoms with Crippen molar-refractivity contribution < 1.29 is 4.74 Å². The first-order chi connectivity index (χ1) is 6.33. The number of aromatic nitrogens is 3. The highest BCUT2D eigenvalue weighted by atomic mass is 79.9. The predicted molar refractivity (Wildman–Crippen MR) is 54.1 cm³/mol.